The van der Waals surface area contributed by atoms with Crippen molar-refractivity contribution >= 4 is 37.0 Å². The van der Waals surface area contributed by atoms with Crippen LogP contribution >= 0.6 is 22.3 Å². The molecule has 0 unspecified atom stereocenters. The molecule has 0 radical (unpaired) electrons. The van der Waals surface area contributed by atoms with E-state index < -0.39 is 14.0 Å². The summed E-state index contributed by atoms with van der Waals surface area (Å²) in [5.74, 6) is -0.216. The van der Waals surface area contributed by atoms with Gasteiger partial charge >= 0.3 is 5.69 Å². The predicted octanol–water partition coefficient (Wildman–Crippen LogP) is 2.59. The summed E-state index contributed by atoms with van der Waals surface area (Å²) in [5, 5.41) is 10.9. The minimum absolute atomic E-state index is 0.00836. The molecule has 0 bridgehead atoms. The first-order valence-corrected chi connectivity index (χ1v) is 7.64. The molecule has 0 saturated carbocycles. The van der Waals surface area contributed by atoms with Crippen molar-refractivity contribution in [3.05, 3.63) is 33.3 Å². The molecule has 0 aliphatic carbocycles. The van der Waals surface area contributed by atoms with Gasteiger partial charge in [-0.05, 0) is 18.6 Å². The largest absolute Gasteiger partial charge is 0.487 e. The standard InChI is InChI=1S/C9H9Cl2NO5S/c10-7-2-3-9(8(6-7)12(13)14)17-4-1-5-18(11,15)16/h2-3,6H,1,4-5H2. The highest BCUT2D eigenvalue weighted by Gasteiger charge is 2.15. The van der Waals surface area contributed by atoms with Crippen LogP contribution in [0, 0.1) is 10.1 Å². The van der Waals surface area contributed by atoms with E-state index in [2.05, 4.69) is 0 Å². The van der Waals surface area contributed by atoms with Crippen molar-refractivity contribution in [2.24, 2.45) is 0 Å². The van der Waals surface area contributed by atoms with E-state index in [1.807, 2.05) is 0 Å². The van der Waals surface area contributed by atoms with E-state index in [0.717, 1.165) is 6.07 Å². The molecule has 100 valence electrons. The van der Waals surface area contributed by atoms with Crippen LogP contribution in [-0.4, -0.2) is 25.7 Å². The number of halogens is 2. The van der Waals surface area contributed by atoms with E-state index in [0.29, 0.717) is 0 Å². The highest BCUT2D eigenvalue weighted by Crippen LogP contribution is 2.29. The summed E-state index contributed by atoms with van der Waals surface area (Å²) in [5.41, 5.74) is -0.267. The highest BCUT2D eigenvalue weighted by molar-refractivity contribution is 8.13. The van der Waals surface area contributed by atoms with Gasteiger partial charge in [-0.1, -0.05) is 11.6 Å². The molecule has 0 fully saturated rings. The Bertz CT molecular complexity index is 546. The second-order valence-electron chi connectivity index (χ2n) is 3.31. The summed E-state index contributed by atoms with van der Waals surface area (Å²) in [6, 6.07) is 3.97. The summed E-state index contributed by atoms with van der Waals surface area (Å²) in [6.07, 6.45) is 0.144. The van der Waals surface area contributed by atoms with E-state index >= 15 is 0 Å². The lowest BCUT2D eigenvalue weighted by atomic mass is 10.3. The van der Waals surface area contributed by atoms with Gasteiger partial charge in [-0.3, -0.25) is 10.1 Å². The smallest absolute Gasteiger partial charge is 0.312 e. The summed E-state index contributed by atoms with van der Waals surface area (Å²) in [6.45, 7) is 0.00836. The number of rotatable bonds is 6. The number of nitro groups is 1. The van der Waals surface area contributed by atoms with Crippen molar-refractivity contribution in [2.75, 3.05) is 12.4 Å². The Morgan fingerprint density at radius 3 is 2.61 bits per heavy atom. The van der Waals surface area contributed by atoms with Gasteiger partial charge in [0.1, 0.15) is 0 Å². The first kappa shape index (κ1) is 15.0. The number of ether oxygens (including phenoxy) is 1. The fraction of sp³-hybridized carbons (Fsp3) is 0.333. The molecule has 0 N–H and O–H groups in total. The van der Waals surface area contributed by atoms with Crippen LogP contribution in [-0.2, 0) is 9.05 Å². The lowest BCUT2D eigenvalue weighted by molar-refractivity contribution is -0.385. The maximum Gasteiger partial charge on any atom is 0.312 e. The first-order chi connectivity index (χ1) is 8.29. The molecule has 0 aliphatic heterocycles. The van der Waals surface area contributed by atoms with Crippen molar-refractivity contribution in [3.63, 3.8) is 0 Å². The molecular weight excluding hydrogens is 305 g/mol. The van der Waals surface area contributed by atoms with Gasteiger partial charge in [0.25, 0.3) is 0 Å². The maximum atomic E-state index is 10.7. The molecule has 9 heteroatoms. The third-order valence-corrected chi connectivity index (χ3v) is 3.38. The SMILES string of the molecule is O=[N+]([O-])c1cc(Cl)ccc1OCCCS(=O)(=O)Cl. The molecule has 0 aliphatic rings. The monoisotopic (exact) mass is 313 g/mol. The molecule has 0 saturated heterocycles. The quantitative estimate of drug-likeness (QED) is 0.348. The molecule has 0 amide bonds. The van der Waals surface area contributed by atoms with Gasteiger partial charge in [0.05, 0.1) is 17.3 Å². The molecule has 1 aromatic carbocycles. The lowest BCUT2D eigenvalue weighted by Gasteiger charge is -2.06. The van der Waals surface area contributed by atoms with Crippen LogP contribution in [0.3, 0.4) is 0 Å². The van der Waals surface area contributed by atoms with E-state index in [4.69, 9.17) is 27.0 Å². The van der Waals surface area contributed by atoms with E-state index in [-0.39, 0.29) is 35.2 Å². The van der Waals surface area contributed by atoms with Crippen LogP contribution in [0.4, 0.5) is 5.69 Å². The third-order valence-electron chi connectivity index (χ3n) is 1.91. The minimum Gasteiger partial charge on any atom is -0.487 e. The molecule has 6 nitrogen and oxygen atoms in total. The average Bonchev–Trinajstić information content (AvgIpc) is 2.24. The lowest BCUT2D eigenvalue weighted by Crippen LogP contribution is -2.06. The normalized spacial score (nSPS) is 11.2. The van der Waals surface area contributed by atoms with Gasteiger partial charge in [0.15, 0.2) is 5.75 Å². The topological polar surface area (TPSA) is 86.5 Å². The van der Waals surface area contributed by atoms with E-state index in [1.54, 1.807) is 0 Å². The van der Waals surface area contributed by atoms with Crippen LogP contribution in [0.15, 0.2) is 18.2 Å². The molecule has 1 rings (SSSR count). The first-order valence-electron chi connectivity index (χ1n) is 4.78. The zero-order chi connectivity index (χ0) is 13.8. The summed E-state index contributed by atoms with van der Waals surface area (Å²) in [4.78, 5) is 10.1. The minimum atomic E-state index is -3.57. The molecule has 0 aromatic heterocycles. The number of benzene rings is 1. The Hall–Kier alpha value is -1.05. The highest BCUT2D eigenvalue weighted by atomic mass is 35.7. The number of hydrogen-bond acceptors (Lipinski definition) is 5. The van der Waals surface area contributed by atoms with Crippen LogP contribution < -0.4 is 4.74 Å². The van der Waals surface area contributed by atoms with Crippen LogP contribution in [0.5, 0.6) is 5.75 Å². The van der Waals surface area contributed by atoms with Crippen molar-refractivity contribution in [1.82, 2.24) is 0 Å². The van der Waals surface area contributed by atoms with Gasteiger partial charge in [-0.25, -0.2) is 8.42 Å². The van der Waals surface area contributed by atoms with E-state index in [9.17, 15) is 18.5 Å². The van der Waals surface area contributed by atoms with Gasteiger partial charge in [-0.2, -0.15) is 0 Å². The van der Waals surface area contributed by atoms with Gasteiger partial charge in [0.2, 0.25) is 9.05 Å². The molecular formula is C9H9Cl2NO5S. The predicted molar refractivity (Wildman–Crippen MR) is 67.9 cm³/mol. The number of nitrogens with zero attached hydrogens (tertiary/aromatic N) is 1. The van der Waals surface area contributed by atoms with Crippen molar-refractivity contribution in [1.29, 1.82) is 0 Å². The van der Waals surface area contributed by atoms with Crippen LogP contribution in [0.25, 0.3) is 0 Å². The van der Waals surface area contributed by atoms with Gasteiger partial charge in [-0.15, -0.1) is 0 Å². The molecule has 18 heavy (non-hydrogen) atoms. The van der Waals surface area contributed by atoms with Crippen molar-refractivity contribution in [3.8, 4) is 5.75 Å². The Morgan fingerprint density at radius 1 is 1.39 bits per heavy atom. The maximum absolute atomic E-state index is 10.7. The zero-order valence-corrected chi connectivity index (χ0v) is 11.3. The van der Waals surface area contributed by atoms with Gasteiger partial charge < -0.3 is 4.74 Å². The fourth-order valence-electron chi connectivity index (χ4n) is 1.17. The average molecular weight is 314 g/mol. The second kappa shape index (κ2) is 6.21. The molecule has 0 atom stereocenters. The van der Waals surface area contributed by atoms with E-state index in [1.165, 1.54) is 12.1 Å². The van der Waals surface area contributed by atoms with Crippen molar-refractivity contribution in [2.45, 2.75) is 6.42 Å². The molecule has 0 heterocycles. The summed E-state index contributed by atoms with van der Waals surface area (Å²) < 4.78 is 26.4. The molecule has 0 spiro atoms. The summed E-state index contributed by atoms with van der Waals surface area (Å²) >= 11 is 5.63. The Balaban J connectivity index is 2.65. The Morgan fingerprint density at radius 2 is 2.06 bits per heavy atom. The molecule has 1 aromatic rings. The Labute approximate surface area is 113 Å². The third kappa shape index (κ3) is 5.07. The van der Waals surface area contributed by atoms with Crippen molar-refractivity contribution < 1.29 is 18.1 Å². The fourth-order valence-corrected chi connectivity index (χ4v) is 2.13. The number of hydrogen-bond donors (Lipinski definition) is 0. The summed E-state index contributed by atoms with van der Waals surface area (Å²) in [7, 11) is 1.43. The van der Waals surface area contributed by atoms with Crippen LogP contribution in [0.1, 0.15) is 6.42 Å². The Kier molecular flexibility index (Phi) is 5.18. The zero-order valence-electron chi connectivity index (χ0n) is 9.01. The number of nitro benzene ring substituents is 1. The van der Waals surface area contributed by atoms with Crippen LogP contribution in [0.2, 0.25) is 5.02 Å². The second-order valence-corrected chi connectivity index (χ2v) is 6.65. The van der Waals surface area contributed by atoms with Gasteiger partial charge in [0, 0.05) is 21.8 Å².